The topological polar surface area (TPSA) is 27.7 Å². The Labute approximate surface area is 102 Å². The minimum atomic E-state index is 0.179. The molecule has 0 atom stereocenters. The van der Waals surface area contributed by atoms with Crippen LogP contribution in [0.1, 0.15) is 5.56 Å². The Hall–Kier alpha value is -0.450. The van der Waals surface area contributed by atoms with Gasteiger partial charge in [0.15, 0.2) is 18.3 Å². The smallest absolute Gasteiger partial charge is 0.188 e. The monoisotopic (exact) mass is 294 g/mol. The Morgan fingerprint density at radius 1 is 1.33 bits per heavy atom. The van der Waals surface area contributed by atoms with Gasteiger partial charge < -0.3 is 14.2 Å². The molecule has 0 aliphatic heterocycles. The maximum Gasteiger partial charge on any atom is 0.188 e. The van der Waals surface area contributed by atoms with Crippen LogP contribution in [0.2, 0.25) is 5.02 Å². The molecule has 15 heavy (non-hydrogen) atoms. The number of hydrogen-bond acceptors (Lipinski definition) is 3. The highest BCUT2D eigenvalue weighted by molar-refractivity contribution is 9.08. The van der Waals surface area contributed by atoms with Gasteiger partial charge >= 0.3 is 0 Å². The molecule has 0 bridgehead atoms. The molecule has 3 nitrogen and oxygen atoms in total. The van der Waals surface area contributed by atoms with E-state index >= 15 is 0 Å². The van der Waals surface area contributed by atoms with Crippen LogP contribution in [0.25, 0.3) is 0 Å². The highest BCUT2D eigenvalue weighted by Gasteiger charge is 2.11. The van der Waals surface area contributed by atoms with E-state index in [1.54, 1.807) is 20.3 Å². The first kappa shape index (κ1) is 12.6. The van der Waals surface area contributed by atoms with Crippen LogP contribution in [-0.2, 0) is 10.1 Å². The Bertz CT molecular complexity index is 305. The second-order valence-corrected chi connectivity index (χ2v) is 3.78. The van der Waals surface area contributed by atoms with Gasteiger partial charge in [-0.3, -0.25) is 0 Å². The van der Waals surface area contributed by atoms with Crippen LogP contribution in [-0.4, -0.2) is 21.0 Å². The van der Waals surface area contributed by atoms with Gasteiger partial charge in [0.2, 0.25) is 0 Å². The van der Waals surface area contributed by atoms with E-state index in [0.717, 1.165) is 5.56 Å². The molecule has 5 heteroatoms. The fraction of sp³-hybridized carbons (Fsp3) is 0.400. The third-order valence-electron chi connectivity index (χ3n) is 1.78. The fourth-order valence-electron chi connectivity index (χ4n) is 1.16. The van der Waals surface area contributed by atoms with Crippen molar-refractivity contribution in [2.75, 3.05) is 21.0 Å². The van der Waals surface area contributed by atoms with Gasteiger partial charge in [0, 0.05) is 29.1 Å². The van der Waals surface area contributed by atoms with Crippen LogP contribution < -0.4 is 9.47 Å². The van der Waals surface area contributed by atoms with E-state index in [-0.39, 0.29) is 6.79 Å². The molecule has 0 unspecified atom stereocenters. The van der Waals surface area contributed by atoms with E-state index in [0.29, 0.717) is 21.9 Å². The summed E-state index contributed by atoms with van der Waals surface area (Å²) in [6.07, 6.45) is 0. The minimum Gasteiger partial charge on any atom is -0.493 e. The summed E-state index contributed by atoms with van der Waals surface area (Å²) in [6.45, 7) is 0.179. The van der Waals surface area contributed by atoms with Crippen molar-refractivity contribution in [3.8, 4) is 11.5 Å². The number of benzene rings is 1. The molecule has 0 saturated heterocycles. The van der Waals surface area contributed by atoms with Crippen molar-refractivity contribution in [2.24, 2.45) is 0 Å². The van der Waals surface area contributed by atoms with Gasteiger partial charge in [-0.15, -0.1) is 0 Å². The summed E-state index contributed by atoms with van der Waals surface area (Å²) in [5, 5.41) is 1.26. The zero-order valence-corrected chi connectivity index (χ0v) is 10.9. The molecule has 0 aliphatic rings. The van der Waals surface area contributed by atoms with Crippen molar-refractivity contribution in [3.05, 3.63) is 22.7 Å². The van der Waals surface area contributed by atoms with E-state index in [2.05, 4.69) is 15.9 Å². The van der Waals surface area contributed by atoms with Crippen LogP contribution in [0.15, 0.2) is 12.1 Å². The summed E-state index contributed by atoms with van der Waals surface area (Å²) in [7, 11) is 3.14. The lowest BCUT2D eigenvalue weighted by molar-refractivity contribution is 0.0486. The maximum absolute atomic E-state index is 5.93. The molecule has 0 radical (unpaired) electrons. The number of alkyl halides is 1. The zero-order valence-electron chi connectivity index (χ0n) is 8.55. The zero-order chi connectivity index (χ0) is 11.3. The summed E-state index contributed by atoms with van der Waals surface area (Å²) in [5.74, 6) is 1.26. The van der Waals surface area contributed by atoms with E-state index in [4.69, 9.17) is 25.8 Å². The molecule has 0 N–H and O–H groups in total. The van der Waals surface area contributed by atoms with Gasteiger partial charge in [0.05, 0.1) is 7.11 Å². The largest absolute Gasteiger partial charge is 0.493 e. The van der Waals surface area contributed by atoms with Crippen molar-refractivity contribution in [1.82, 2.24) is 0 Å². The van der Waals surface area contributed by atoms with Crippen molar-refractivity contribution < 1.29 is 14.2 Å². The summed E-state index contributed by atoms with van der Waals surface area (Å²) < 4.78 is 15.4. The Morgan fingerprint density at radius 2 is 2.07 bits per heavy atom. The molecule has 1 aromatic rings. The van der Waals surface area contributed by atoms with Crippen molar-refractivity contribution in [2.45, 2.75) is 5.33 Å². The number of halogens is 2. The third kappa shape index (κ3) is 3.26. The SMILES string of the molecule is COCOc1c(CBr)cc(Cl)cc1OC. The Morgan fingerprint density at radius 3 is 2.60 bits per heavy atom. The molecule has 0 fully saturated rings. The second kappa shape index (κ2) is 6.20. The number of hydrogen-bond donors (Lipinski definition) is 0. The molecule has 0 aromatic heterocycles. The molecule has 1 rings (SSSR count). The first-order valence-corrected chi connectivity index (χ1v) is 5.77. The van der Waals surface area contributed by atoms with Crippen LogP contribution in [0.3, 0.4) is 0 Å². The molecule has 84 valence electrons. The molecular weight excluding hydrogens is 283 g/mol. The van der Waals surface area contributed by atoms with Gasteiger partial charge in [0.25, 0.3) is 0 Å². The first-order chi connectivity index (χ1) is 7.22. The summed E-state index contributed by atoms with van der Waals surface area (Å²) in [5.41, 5.74) is 0.927. The Balaban J connectivity index is 3.06. The molecule has 0 amide bonds. The Kier molecular flexibility index (Phi) is 5.22. The summed E-state index contributed by atoms with van der Waals surface area (Å²) >= 11 is 9.29. The van der Waals surface area contributed by atoms with Gasteiger partial charge in [-0.1, -0.05) is 27.5 Å². The third-order valence-corrected chi connectivity index (χ3v) is 2.60. The first-order valence-electron chi connectivity index (χ1n) is 4.27. The lowest BCUT2D eigenvalue weighted by Gasteiger charge is -2.13. The van der Waals surface area contributed by atoms with Crippen molar-refractivity contribution in [3.63, 3.8) is 0 Å². The predicted molar refractivity (Wildman–Crippen MR) is 63.1 cm³/mol. The predicted octanol–water partition coefficient (Wildman–Crippen LogP) is 3.23. The van der Waals surface area contributed by atoms with Crippen LogP contribution >= 0.6 is 27.5 Å². The maximum atomic E-state index is 5.93. The van der Waals surface area contributed by atoms with E-state index in [1.807, 2.05) is 6.07 Å². The highest BCUT2D eigenvalue weighted by atomic mass is 79.9. The van der Waals surface area contributed by atoms with Crippen molar-refractivity contribution in [1.29, 1.82) is 0 Å². The lowest BCUT2D eigenvalue weighted by atomic mass is 10.2. The van der Waals surface area contributed by atoms with Gasteiger partial charge in [-0.25, -0.2) is 0 Å². The van der Waals surface area contributed by atoms with E-state index in [9.17, 15) is 0 Å². The average molecular weight is 296 g/mol. The number of methoxy groups -OCH3 is 2. The van der Waals surface area contributed by atoms with E-state index < -0.39 is 0 Å². The summed E-state index contributed by atoms with van der Waals surface area (Å²) in [4.78, 5) is 0. The fourth-order valence-corrected chi connectivity index (χ4v) is 1.80. The molecule has 0 heterocycles. The molecule has 1 aromatic carbocycles. The van der Waals surface area contributed by atoms with Gasteiger partial charge in [0.1, 0.15) is 0 Å². The molecule has 0 spiro atoms. The quantitative estimate of drug-likeness (QED) is 0.616. The molecule has 0 aliphatic carbocycles. The molecular formula is C10H12BrClO3. The lowest BCUT2D eigenvalue weighted by Crippen LogP contribution is -2.03. The van der Waals surface area contributed by atoms with Crippen LogP contribution in [0.5, 0.6) is 11.5 Å². The number of ether oxygens (including phenoxy) is 3. The van der Waals surface area contributed by atoms with Gasteiger partial charge in [-0.05, 0) is 6.07 Å². The summed E-state index contributed by atoms with van der Waals surface area (Å²) in [6, 6.07) is 3.53. The van der Waals surface area contributed by atoms with Crippen LogP contribution in [0, 0.1) is 0 Å². The number of rotatable bonds is 5. The van der Waals surface area contributed by atoms with E-state index in [1.165, 1.54) is 0 Å². The van der Waals surface area contributed by atoms with Crippen LogP contribution in [0.4, 0.5) is 0 Å². The average Bonchev–Trinajstić information content (AvgIpc) is 2.26. The highest BCUT2D eigenvalue weighted by Crippen LogP contribution is 2.35. The standard InChI is InChI=1S/C10H12BrClO3/c1-13-6-15-10-7(5-11)3-8(12)4-9(10)14-2/h3-4H,5-6H2,1-2H3. The normalized spacial score (nSPS) is 10.1. The van der Waals surface area contributed by atoms with Crippen molar-refractivity contribution >= 4 is 27.5 Å². The minimum absolute atomic E-state index is 0.179. The molecule has 0 saturated carbocycles. The second-order valence-electron chi connectivity index (χ2n) is 2.78. The van der Waals surface area contributed by atoms with Gasteiger partial charge in [-0.2, -0.15) is 0 Å².